The van der Waals surface area contributed by atoms with E-state index >= 15 is 0 Å². The van der Waals surface area contributed by atoms with Gasteiger partial charge in [-0.1, -0.05) is 30.3 Å². The number of rotatable bonds is 7. The molecule has 0 saturated heterocycles. The molecule has 142 valence electrons. The first kappa shape index (κ1) is 18.8. The molecular weight excluding hydrogens is 344 g/mol. The Bertz CT molecular complexity index is 779. The Morgan fingerprint density at radius 1 is 1.11 bits per heavy atom. The molecule has 0 aromatic heterocycles. The Kier molecular flexibility index (Phi) is 6.30. The van der Waals surface area contributed by atoms with Gasteiger partial charge in [-0.3, -0.25) is 9.59 Å². The first-order chi connectivity index (χ1) is 13.1. The number of amides is 2. The van der Waals surface area contributed by atoms with Gasteiger partial charge in [-0.15, -0.1) is 0 Å². The Labute approximate surface area is 159 Å². The highest BCUT2D eigenvalue weighted by atomic mass is 16.5. The van der Waals surface area contributed by atoms with Crippen LogP contribution in [0, 0.1) is 0 Å². The van der Waals surface area contributed by atoms with Crippen molar-refractivity contribution in [2.24, 2.45) is 0 Å². The summed E-state index contributed by atoms with van der Waals surface area (Å²) in [6, 6.07) is 16.9. The summed E-state index contributed by atoms with van der Waals surface area (Å²) in [6.45, 7) is 2.85. The molecule has 1 N–H and O–H groups in total. The average Bonchev–Trinajstić information content (AvgIpc) is 2.70. The van der Waals surface area contributed by atoms with Gasteiger partial charge in [0.15, 0.2) is 6.10 Å². The molecule has 6 heteroatoms. The molecule has 27 heavy (non-hydrogen) atoms. The van der Waals surface area contributed by atoms with Gasteiger partial charge in [0, 0.05) is 13.5 Å². The average molecular weight is 368 g/mol. The van der Waals surface area contributed by atoms with Crippen molar-refractivity contribution in [3.05, 3.63) is 54.6 Å². The van der Waals surface area contributed by atoms with E-state index < -0.39 is 6.10 Å². The van der Waals surface area contributed by atoms with E-state index in [2.05, 4.69) is 5.32 Å². The van der Waals surface area contributed by atoms with Crippen molar-refractivity contribution in [1.82, 2.24) is 5.32 Å². The summed E-state index contributed by atoms with van der Waals surface area (Å²) in [5.41, 5.74) is 0.701. The first-order valence-corrected chi connectivity index (χ1v) is 9.14. The summed E-state index contributed by atoms with van der Waals surface area (Å²) >= 11 is 0. The van der Waals surface area contributed by atoms with Gasteiger partial charge in [0.05, 0.1) is 18.8 Å². The van der Waals surface area contributed by atoms with Crippen LogP contribution in [-0.4, -0.2) is 37.6 Å². The van der Waals surface area contributed by atoms with Crippen LogP contribution in [0.4, 0.5) is 5.69 Å². The second-order valence-electron chi connectivity index (χ2n) is 6.36. The second kappa shape index (κ2) is 9.07. The van der Waals surface area contributed by atoms with E-state index in [0.717, 1.165) is 18.6 Å². The number of para-hydroxylation sites is 3. The third kappa shape index (κ3) is 5.00. The lowest BCUT2D eigenvalue weighted by atomic mass is 10.1. The number of benzene rings is 2. The van der Waals surface area contributed by atoms with Crippen LogP contribution < -0.4 is 19.7 Å². The van der Waals surface area contributed by atoms with Crippen LogP contribution >= 0.6 is 0 Å². The van der Waals surface area contributed by atoms with Crippen molar-refractivity contribution >= 4 is 17.5 Å². The lowest BCUT2D eigenvalue weighted by Crippen LogP contribution is -2.50. The summed E-state index contributed by atoms with van der Waals surface area (Å²) in [7, 11) is 0. The van der Waals surface area contributed by atoms with Gasteiger partial charge in [-0.2, -0.15) is 0 Å². The molecule has 1 aliphatic rings. The van der Waals surface area contributed by atoms with Crippen LogP contribution in [0.3, 0.4) is 0 Å². The third-order valence-corrected chi connectivity index (χ3v) is 4.33. The van der Waals surface area contributed by atoms with Crippen LogP contribution in [0.2, 0.25) is 0 Å². The molecule has 0 spiro atoms. The highest BCUT2D eigenvalue weighted by Gasteiger charge is 2.32. The number of anilines is 1. The molecule has 1 aliphatic heterocycles. The Balaban J connectivity index is 1.42. The monoisotopic (exact) mass is 368 g/mol. The molecule has 0 fully saturated rings. The number of hydrogen-bond acceptors (Lipinski definition) is 4. The number of nitrogens with zero attached hydrogens (tertiary/aromatic N) is 1. The summed E-state index contributed by atoms with van der Waals surface area (Å²) in [5, 5.41) is 2.88. The molecule has 1 atom stereocenters. The maximum atomic E-state index is 12.4. The fraction of sp³-hybridized carbons (Fsp3) is 0.333. The largest absolute Gasteiger partial charge is 0.494 e. The van der Waals surface area contributed by atoms with Crippen LogP contribution in [0.5, 0.6) is 11.5 Å². The van der Waals surface area contributed by atoms with E-state index in [-0.39, 0.29) is 18.4 Å². The number of nitrogens with one attached hydrogen (secondary N) is 1. The molecule has 0 aliphatic carbocycles. The number of hydrogen-bond donors (Lipinski definition) is 1. The fourth-order valence-electron chi connectivity index (χ4n) is 2.93. The Hall–Kier alpha value is -3.02. The van der Waals surface area contributed by atoms with Gasteiger partial charge in [-0.05, 0) is 37.1 Å². The van der Waals surface area contributed by atoms with E-state index in [1.54, 1.807) is 11.0 Å². The van der Waals surface area contributed by atoms with Gasteiger partial charge < -0.3 is 19.7 Å². The molecule has 0 saturated carbocycles. The van der Waals surface area contributed by atoms with Crippen molar-refractivity contribution < 1.29 is 19.1 Å². The van der Waals surface area contributed by atoms with Crippen LogP contribution in [0.1, 0.15) is 19.8 Å². The fourth-order valence-corrected chi connectivity index (χ4v) is 2.93. The van der Waals surface area contributed by atoms with E-state index in [1.165, 1.54) is 6.92 Å². The number of fused-ring (bicyclic) bond motifs is 1. The normalized spacial score (nSPS) is 15.4. The second-order valence-corrected chi connectivity index (χ2v) is 6.36. The topological polar surface area (TPSA) is 67.9 Å². The highest BCUT2D eigenvalue weighted by molar-refractivity contribution is 5.95. The predicted molar refractivity (Wildman–Crippen MR) is 103 cm³/mol. The van der Waals surface area contributed by atoms with Crippen molar-refractivity contribution in [3.8, 4) is 11.5 Å². The summed E-state index contributed by atoms with van der Waals surface area (Å²) < 4.78 is 11.4. The predicted octanol–water partition coefficient (Wildman–Crippen LogP) is 2.78. The zero-order valence-electron chi connectivity index (χ0n) is 15.4. The minimum atomic E-state index is -0.704. The SMILES string of the molecule is CC(=O)N1CC(C(=O)NCCCCOc2ccccc2)Oc2ccccc21. The van der Waals surface area contributed by atoms with Gasteiger partial charge in [0.1, 0.15) is 11.5 Å². The quantitative estimate of drug-likeness (QED) is 0.763. The van der Waals surface area contributed by atoms with Gasteiger partial charge in [-0.25, -0.2) is 0 Å². The zero-order valence-corrected chi connectivity index (χ0v) is 15.4. The van der Waals surface area contributed by atoms with Gasteiger partial charge in [0.2, 0.25) is 5.91 Å². The standard InChI is InChI=1S/C21H24N2O4/c1-16(24)23-15-20(27-19-12-6-5-11-18(19)23)21(25)22-13-7-8-14-26-17-9-3-2-4-10-17/h2-6,9-12,20H,7-8,13-15H2,1H3,(H,22,25). The number of carbonyl (C=O) groups excluding carboxylic acids is 2. The van der Waals surface area contributed by atoms with E-state index in [9.17, 15) is 9.59 Å². The first-order valence-electron chi connectivity index (χ1n) is 9.14. The maximum absolute atomic E-state index is 12.4. The van der Waals surface area contributed by atoms with Crippen molar-refractivity contribution in [3.63, 3.8) is 0 Å². The van der Waals surface area contributed by atoms with Gasteiger partial charge >= 0.3 is 0 Å². The Morgan fingerprint density at radius 3 is 2.63 bits per heavy atom. The van der Waals surface area contributed by atoms with Crippen LogP contribution in [-0.2, 0) is 9.59 Å². The molecule has 2 aromatic carbocycles. The summed E-state index contributed by atoms with van der Waals surface area (Å²) in [4.78, 5) is 25.9. The van der Waals surface area contributed by atoms with Crippen molar-refractivity contribution in [2.75, 3.05) is 24.6 Å². The molecule has 2 aromatic rings. The summed E-state index contributed by atoms with van der Waals surface area (Å²) in [5.74, 6) is 1.08. The van der Waals surface area contributed by atoms with Crippen LogP contribution in [0.15, 0.2) is 54.6 Å². The molecule has 0 bridgehead atoms. The lowest BCUT2D eigenvalue weighted by Gasteiger charge is -2.33. The lowest BCUT2D eigenvalue weighted by molar-refractivity contribution is -0.128. The highest BCUT2D eigenvalue weighted by Crippen LogP contribution is 2.33. The van der Waals surface area contributed by atoms with E-state index in [0.29, 0.717) is 24.6 Å². The molecule has 6 nitrogen and oxygen atoms in total. The van der Waals surface area contributed by atoms with E-state index in [4.69, 9.17) is 9.47 Å². The number of ether oxygens (including phenoxy) is 2. The van der Waals surface area contributed by atoms with Crippen molar-refractivity contribution in [2.45, 2.75) is 25.9 Å². The minimum Gasteiger partial charge on any atom is -0.494 e. The zero-order chi connectivity index (χ0) is 19.1. The molecule has 3 rings (SSSR count). The van der Waals surface area contributed by atoms with E-state index in [1.807, 2.05) is 48.5 Å². The minimum absolute atomic E-state index is 0.110. The van der Waals surface area contributed by atoms with Crippen molar-refractivity contribution in [1.29, 1.82) is 0 Å². The molecular formula is C21H24N2O4. The molecule has 1 unspecified atom stereocenters. The van der Waals surface area contributed by atoms with Gasteiger partial charge in [0.25, 0.3) is 5.91 Å². The maximum Gasteiger partial charge on any atom is 0.262 e. The Morgan fingerprint density at radius 2 is 1.85 bits per heavy atom. The molecule has 0 radical (unpaired) electrons. The number of carbonyl (C=O) groups is 2. The molecule has 2 amide bonds. The number of unbranched alkanes of at least 4 members (excludes halogenated alkanes) is 1. The smallest absolute Gasteiger partial charge is 0.262 e. The summed E-state index contributed by atoms with van der Waals surface area (Å²) in [6.07, 6.45) is 0.936. The molecule has 1 heterocycles. The van der Waals surface area contributed by atoms with Crippen LogP contribution in [0.25, 0.3) is 0 Å². The third-order valence-electron chi connectivity index (χ3n) is 4.33.